The number of rotatable bonds is 2. The Morgan fingerprint density at radius 1 is 1.32 bits per heavy atom. The molecule has 110 valence electrons. The topological polar surface area (TPSA) is 41.7 Å². The van der Waals surface area contributed by atoms with Crippen LogP contribution in [0.1, 0.15) is 33.1 Å². The zero-order valence-corrected chi connectivity index (χ0v) is 12.5. The van der Waals surface area contributed by atoms with Crippen LogP contribution in [-0.2, 0) is 4.74 Å². The lowest BCUT2D eigenvalue weighted by Gasteiger charge is -2.49. The summed E-state index contributed by atoms with van der Waals surface area (Å²) in [6, 6.07) is 1.63. The molecule has 3 rings (SSSR count). The van der Waals surface area contributed by atoms with E-state index in [4.69, 9.17) is 10.5 Å². The molecule has 0 spiro atoms. The summed E-state index contributed by atoms with van der Waals surface area (Å²) >= 11 is 0. The van der Waals surface area contributed by atoms with Crippen LogP contribution in [0, 0.1) is 5.41 Å². The van der Waals surface area contributed by atoms with Crippen molar-refractivity contribution in [2.24, 2.45) is 11.1 Å². The molecule has 3 heterocycles. The first-order valence-electron chi connectivity index (χ1n) is 7.90. The highest BCUT2D eigenvalue weighted by molar-refractivity contribution is 4.96. The molecule has 4 nitrogen and oxygen atoms in total. The van der Waals surface area contributed by atoms with Gasteiger partial charge in [0.15, 0.2) is 0 Å². The molecular weight excluding hydrogens is 238 g/mol. The Labute approximate surface area is 117 Å². The number of piperazine rings is 1. The summed E-state index contributed by atoms with van der Waals surface area (Å²) in [5.74, 6) is 0. The van der Waals surface area contributed by atoms with Gasteiger partial charge in [0.1, 0.15) is 0 Å². The Hall–Kier alpha value is -0.160. The molecule has 4 atom stereocenters. The standard InChI is InChI=1S/C15H29N3O/c1-12-7-17-6-4-3-5-13(17)8-18(12)10-15(2)11-19-9-14(15)16/h12-14H,3-11,16H2,1-2H3. The SMILES string of the molecule is CC1CN2CCCCC2CN1CC1(C)COCC1N. The number of nitrogens with zero attached hydrogens (tertiary/aromatic N) is 2. The van der Waals surface area contributed by atoms with Crippen molar-refractivity contribution in [3.8, 4) is 0 Å². The number of piperidine rings is 1. The van der Waals surface area contributed by atoms with Crippen LogP contribution in [0.15, 0.2) is 0 Å². The Bertz CT molecular complexity index is 325. The first-order chi connectivity index (χ1) is 9.08. The van der Waals surface area contributed by atoms with Gasteiger partial charge in [-0.2, -0.15) is 0 Å². The molecule has 0 radical (unpaired) electrons. The molecule has 0 saturated carbocycles. The minimum Gasteiger partial charge on any atom is -0.379 e. The van der Waals surface area contributed by atoms with Crippen LogP contribution in [0.25, 0.3) is 0 Å². The third kappa shape index (κ3) is 2.68. The molecule has 0 aliphatic carbocycles. The van der Waals surface area contributed by atoms with E-state index in [1.807, 2.05) is 0 Å². The number of hydrogen-bond donors (Lipinski definition) is 1. The molecule has 0 aromatic heterocycles. The fourth-order valence-corrected chi connectivity index (χ4v) is 3.99. The predicted octanol–water partition coefficient (Wildman–Crippen LogP) is 0.909. The number of fused-ring (bicyclic) bond motifs is 1. The van der Waals surface area contributed by atoms with Crippen LogP contribution < -0.4 is 5.73 Å². The van der Waals surface area contributed by atoms with Crippen molar-refractivity contribution in [2.75, 3.05) is 39.4 Å². The van der Waals surface area contributed by atoms with Crippen molar-refractivity contribution in [1.29, 1.82) is 0 Å². The lowest BCUT2D eigenvalue weighted by atomic mass is 9.84. The Balaban J connectivity index is 1.64. The Kier molecular flexibility index (Phi) is 3.87. The monoisotopic (exact) mass is 267 g/mol. The molecule has 3 aliphatic rings. The van der Waals surface area contributed by atoms with Gasteiger partial charge in [-0.1, -0.05) is 13.3 Å². The van der Waals surface area contributed by atoms with Gasteiger partial charge in [-0.05, 0) is 26.3 Å². The molecule has 0 aromatic carbocycles. The summed E-state index contributed by atoms with van der Waals surface area (Å²) in [4.78, 5) is 5.37. The third-order valence-electron chi connectivity index (χ3n) is 5.51. The summed E-state index contributed by atoms with van der Waals surface area (Å²) in [5, 5.41) is 0. The molecule has 3 aliphatic heterocycles. The number of ether oxygens (including phenoxy) is 1. The normalized spacial score (nSPS) is 45.3. The molecule has 4 heteroatoms. The van der Waals surface area contributed by atoms with Gasteiger partial charge < -0.3 is 10.5 Å². The lowest BCUT2D eigenvalue weighted by molar-refractivity contribution is -0.00762. The molecule has 3 saturated heterocycles. The predicted molar refractivity (Wildman–Crippen MR) is 77.1 cm³/mol. The van der Waals surface area contributed by atoms with Crippen LogP contribution in [0.3, 0.4) is 0 Å². The molecule has 0 aromatic rings. The van der Waals surface area contributed by atoms with Gasteiger partial charge in [0.2, 0.25) is 0 Å². The van der Waals surface area contributed by atoms with Gasteiger partial charge in [-0.15, -0.1) is 0 Å². The van der Waals surface area contributed by atoms with E-state index in [0.717, 1.165) is 25.8 Å². The second kappa shape index (κ2) is 5.32. The van der Waals surface area contributed by atoms with E-state index in [-0.39, 0.29) is 11.5 Å². The molecule has 4 unspecified atom stereocenters. The minimum absolute atomic E-state index is 0.144. The van der Waals surface area contributed by atoms with E-state index < -0.39 is 0 Å². The molecule has 3 fully saturated rings. The molecule has 0 amide bonds. The maximum Gasteiger partial charge on any atom is 0.0624 e. The van der Waals surface area contributed by atoms with E-state index in [9.17, 15) is 0 Å². The molecule has 19 heavy (non-hydrogen) atoms. The van der Waals surface area contributed by atoms with Gasteiger partial charge in [-0.3, -0.25) is 9.80 Å². The number of nitrogens with two attached hydrogens (primary N) is 1. The second-order valence-corrected chi connectivity index (χ2v) is 7.20. The summed E-state index contributed by atoms with van der Waals surface area (Å²) in [6.07, 6.45) is 4.17. The average molecular weight is 267 g/mol. The summed E-state index contributed by atoms with van der Waals surface area (Å²) in [6.45, 7) is 11.1. The quantitative estimate of drug-likeness (QED) is 0.807. The largest absolute Gasteiger partial charge is 0.379 e. The molecular formula is C15H29N3O. The highest BCUT2D eigenvalue weighted by atomic mass is 16.5. The van der Waals surface area contributed by atoms with Gasteiger partial charge >= 0.3 is 0 Å². The minimum atomic E-state index is 0.144. The van der Waals surface area contributed by atoms with Crippen molar-refractivity contribution < 1.29 is 4.74 Å². The van der Waals surface area contributed by atoms with Crippen molar-refractivity contribution in [2.45, 2.75) is 51.2 Å². The van der Waals surface area contributed by atoms with Crippen LogP contribution in [0.4, 0.5) is 0 Å². The second-order valence-electron chi connectivity index (χ2n) is 7.20. The van der Waals surface area contributed by atoms with Crippen molar-refractivity contribution in [3.63, 3.8) is 0 Å². The fourth-order valence-electron chi connectivity index (χ4n) is 3.99. The van der Waals surface area contributed by atoms with Crippen molar-refractivity contribution in [3.05, 3.63) is 0 Å². The first-order valence-corrected chi connectivity index (χ1v) is 7.90. The van der Waals surface area contributed by atoms with Crippen LogP contribution in [0.2, 0.25) is 0 Å². The zero-order valence-electron chi connectivity index (χ0n) is 12.5. The average Bonchev–Trinajstić information content (AvgIpc) is 2.70. The maximum absolute atomic E-state index is 6.25. The summed E-state index contributed by atoms with van der Waals surface area (Å²) < 4.78 is 5.59. The third-order valence-corrected chi connectivity index (χ3v) is 5.51. The van der Waals surface area contributed by atoms with Gasteiger partial charge in [0.05, 0.1) is 13.2 Å². The van der Waals surface area contributed by atoms with Crippen LogP contribution >= 0.6 is 0 Å². The van der Waals surface area contributed by atoms with E-state index in [0.29, 0.717) is 6.04 Å². The lowest BCUT2D eigenvalue weighted by Crippen LogP contribution is -2.61. The zero-order chi connectivity index (χ0) is 13.5. The molecule has 2 N–H and O–H groups in total. The smallest absolute Gasteiger partial charge is 0.0624 e. The maximum atomic E-state index is 6.25. The van der Waals surface area contributed by atoms with E-state index in [2.05, 4.69) is 23.6 Å². The number of hydrogen-bond acceptors (Lipinski definition) is 4. The molecule has 0 bridgehead atoms. The highest BCUT2D eigenvalue weighted by Crippen LogP contribution is 2.31. The highest BCUT2D eigenvalue weighted by Gasteiger charge is 2.42. The van der Waals surface area contributed by atoms with E-state index in [1.165, 1.54) is 38.9 Å². The fraction of sp³-hybridized carbons (Fsp3) is 1.00. The Morgan fingerprint density at radius 2 is 2.16 bits per heavy atom. The Morgan fingerprint density at radius 3 is 2.89 bits per heavy atom. The van der Waals surface area contributed by atoms with E-state index >= 15 is 0 Å². The van der Waals surface area contributed by atoms with Gasteiger partial charge in [0.25, 0.3) is 0 Å². The van der Waals surface area contributed by atoms with E-state index in [1.54, 1.807) is 0 Å². The van der Waals surface area contributed by atoms with Crippen molar-refractivity contribution >= 4 is 0 Å². The van der Waals surface area contributed by atoms with Gasteiger partial charge in [-0.25, -0.2) is 0 Å². The van der Waals surface area contributed by atoms with Crippen LogP contribution in [-0.4, -0.2) is 67.3 Å². The summed E-state index contributed by atoms with van der Waals surface area (Å²) in [5.41, 5.74) is 6.39. The van der Waals surface area contributed by atoms with Crippen LogP contribution in [0.5, 0.6) is 0 Å². The van der Waals surface area contributed by atoms with Crippen molar-refractivity contribution in [1.82, 2.24) is 9.80 Å². The van der Waals surface area contributed by atoms with Gasteiger partial charge in [0, 0.05) is 43.2 Å². The first kappa shape index (κ1) is 13.8. The summed E-state index contributed by atoms with van der Waals surface area (Å²) in [7, 11) is 0.